The second-order valence-corrected chi connectivity index (χ2v) is 21.7. The summed E-state index contributed by atoms with van der Waals surface area (Å²) in [6, 6.07) is 9.75. The van der Waals surface area contributed by atoms with Gasteiger partial charge in [0.15, 0.2) is 17.3 Å². The lowest BCUT2D eigenvalue weighted by atomic mass is 9.32. The molecular weight excluding hydrogens is 719 g/mol. The SMILES string of the molecule is COc1ccc(CC(=O)N(C[C@@H]2CC[C@H]3C[C@@H]2C3(C)C)C[C@]2(O)CC[C@H]3[C@]45C=C[C@@]6(C=C4C(=O)c4ccc(C)s4)CC(O)CC[C@]6(C)[C@H]5CC[C@@]32C)cc1OC. The predicted molar refractivity (Wildman–Crippen MR) is 220 cm³/mol. The molecule has 7 nitrogen and oxygen atoms in total. The Hall–Kier alpha value is -2.94. The van der Waals surface area contributed by atoms with Crippen LogP contribution in [0.4, 0.5) is 0 Å². The average molecular weight is 782 g/mol. The maximum Gasteiger partial charge on any atom is 0.227 e. The number of amides is 1. The second kappa shape index (κ2) is 13.0. The Morgan fingerprint density at radius 2 is 1.62 bits per heavy atom. The summed E-state index contributed by atoms with van der Waals surface area (Å²) >= 11 is 1.57. The van der Waals surface area contributed by atoms with E-state index < -0.39 is 16.4 Å². The van der Waals surface area contributed by atoms with Crippen LogP contribution in [0.5, 0.6) is 11.5 Å². The van der Waals surface area contributed by atoms with Crippen LogP contribution in [0.15, 0.2) is 54.1 Å². The minimum absolute atomic E-state index is 0.0389. The summed E-state index contributed by atoms with van der Waals surface area (Å²) in [5, 5.41) is 24.5. The quantitative estimate of drug-likeness (QED) is 0.185. The lowest BCUT2D eigenvalue weighted by Crippen LogP contribution is -2.67. The standard InChI is InChI=1S/C48H63NO6S/c1-29-8-13-38(56-29)42(52)35-26-46-20-21-48(35)39(44(46,4)17-14-33(50)25-46)15-18-45(5)40(48)16-19-47(45,53)28-49(27-31-10-11-32-24-34(31)43(32,2)3)41(51)23-30-9-12-36(54-6)37(22-30)55-7/h8-9,12-13,20-22,26,31-34,39-40,50,53H,10-11,14-19,23-25,27-28H2,1-7H3/t31-,32-,33?,34-,39+,40+,44+,45-,46-,47+,48+/m0/s1. The number of thiophene rings is 1. The number of hydrogen-bond donors (Lipinski definition) is 2. The second-order valence-electron chi connectivity index (χ2n) is 20.4. The smallest absolute Gasteiger partial charge is 0.227 e. The topological polar surface area (TPSA) is 96.3 Å². The van der Waals surface area contributed by atoms with Crippen LogP contribution < -0.4 is 9.47 Å². The molecule has 11 atom stereocenters. The van der Waals surface area contributed by atoms with E-state index in [4.69, 9.17) is 9.47 Å². The van der Waals surface area contributed by atoms with Gasteiger partial charge in [-0.1, -0.05) is 52.0 Å². The number of benzene rings is 1. The van der Waals surface area contributed by atoms with E-state index in [9.17, 15) is 19.8 Å². The summed E-state index contributed by atoms with van der Waals surface area (Å²) in [7, 11) is 3.24. The molecule has 1 aromatic carbocycles. The molecule has 8 heteroatoms. The molecule has 2 aromatic rings. The van der Waals surface area contributed by atoms with Crippen molar-refractivity contribution in [1.82, 2.24) is 4.90 Å². The van der Waals surface area contributed by atoms with Gasteiger partial charge in [0, 0.05) is 39.8 Å². The molecular formula is C48H63NO6S. The molecule has 0 aliphatic heterocycles. The molecule has 1 aromatic heterocycles. The molecule has 1 heterocycles. The van der Waals surface area contributed by atoms with Crippen molar-refractivity contribution in [2.75, 3.05) is 27.3 Å². The summed E-state index contributed by atoms with van der Waals surface area (Å²) in [5.41, 5.74) is -0.562. The molecule has 11 rings (SSSR count). The minimum atomic E-state index is -1.12. The Kier molecular flexibility index (Phi) is 8.97. The molecule has 56 heavy (non-hydrogen) atoms. The first kappa shape index (κ1) is 38.6. The van der Waals surface area contributed by atoms with Gasteiger partial charge in [-0.25, -0.2) is 0 Å². The Morgan fingerprint density at radius 3 is 2.32 bits per heavy atom. The van der Waals surface area contributed by atoms with E-state index in [0.717, 1.165) is 65.3 Å². The largest absolute Gasteiger partial charge is 0.493 e. The van der Waals surface area contributed by atoms with E-state index in [-0.39, 0.29) is 52.3 Å². The molecule has 4 bridgehead atoms. The minimum Gasteiger partial charge on any atom is -0.493 e. The zero-order valence-corrected chi connectivity index (χ0v) is 35.5. The Balaban J connectivity index is 1.08. The number of carbonyl (C=O) groups is 2. The van der Waals surface area contributed by atoms with Crippen molar-refractivity contribution in [1.29, 1.82) is 0 Å². The summed E-state index contributed by atoms with van der Waals surface area (Å²) in [6.45, 7) is 12.6. The van der Waals surface area contributed by atoms with E-state index in [0.29, 0.717) is 49.3 Å². The number of allylic oxidation sites excluding steroid dienone is 4. The molecule has 0 saturated heterocycles. The number of fused-ring (bicyclic) bond motifs is 3. The number of nitrogens with zero attached hydrogens (tertiary/aromatic N) is 1. The van der Waals surface area contributed by atoms with Gasteiger partial charge >= 0.3 is 0 Å². The van der Waals surface area contributed by atoms with E-state index in [1.165, 1.54) is 12.8 Å². The lowest BCUT2D eigenvalue weighted by Gasteiger charge is -2.71. The number of aliphatic hydroxyl groups excluding tert-OH is 1. The molecule has 2 spiro atoms. The van der Waals surface area contributed by atoms with E-state index in [1.807, 2.05) is 30.3 Å². The fraction of sp³-hybridized carbons (Fsp3) is 0.667. The molecule has 9 aliphatic rings. The monoisotopic (exact) mass is 781 g/mol. The fourth-order valence-corrected chi connectivity index (χ4v) is 15.4. The van der Waals surface area contributed by atoms with Gasteiger partial charge in [0.25, 0.3) is 0 Å². The molecule has 6 saturated carbocycles. The Bertz CT molecular complexity index is 2000. The van der Waals surface area contributed by atoms with Crippen LogP contribution in [-0.4, -0.2) is 65.8 Å². The number of rotatable bonds is 10. The molecule has 9 aliphatic carbocycles. The van der Waals surface area contributed by atoms with Gasteiger partial charge in [-0.2, -0.15) is 0 Å². The van der Waals surface area contributed by atoms with Crippen LogP contribution in [0.25, 0.3) is 0 Å². The van der Waals surface area contributed by atoms with Gasteiger partial charge in [0.05, 0.1) is 37.2 Å². The van der Waals surface area contributed by atoms with Crippen LogP contribution in [0.2, 0.25) is 0 Å². The van der Waals surface area contributed by atoms with Gasteiger partial charge in [-0.15, -0.1) is 11.3 Å². The number of aliphatic hydroxyl groups is 2. The maximum atomic E-state index is 14.9. The molecule has 1 unspecified atom stereocenters. The first-order valence-corrected chi connectivity index (χ1v) is 22.3. The zero-order valence-electron chi connectivity index (χ0n) is 34.7. The number of hydrogen-bond acceptors (Lipinski definition) is 7. The summed E-state index contributed by atoms with van der Waals surface area (Å²) in [4.78, 5) is 33.6. The molecule has 302 valence electrons. The molecule has 6 fully saturated rings. The lowest BCUT2D eigenvalue weighted by molar-refractivity contribution is -0.180. The number of ketones is 1. The van der Waals surface area contributed by atoms with Gasteiger partial charge in [0.1, 0.15) is 0 Å². The van der Waals surface area contributed by atoms with Gasteiger partial charge in [0.2, 0.25) is 5.91 Å². The fourth-order valence-electron chi connectivity index (χ4n) is 14.6. The third-order valence-corrected chi connectivity index (χ3v) is 19.0. The highest BCUT2D eigenvalue weighted by molar-refractivity contribution is 7.14. The van der Waals surface area contributed by atoms with Crippen molar-refractivity contribution in [3.8, 4) is 11.5 Å². The van der Waals surface area contributed by atoms with Crippen molar-refractivity contribution >= 4 is 23.0 Å². The average Bonchev–Trinajstić information content (AvgIpc) is 3.73. The Morgan fingerprint density at radius 1 is 0.893 bits per heavy atom. The van der Waals surface area contributed by atoms with Crippen LogP contribution in [-0.2, 0) is 11.2 Å². The van der Waals surface area contributed by atoms with Crippen molar-refractivity contribution in [3.05, 3.63) is 69.5 Å². The van der Waals surface area contributed by atoms with Crippen molar-refractivity contribution in [3.63, 3.8) is 0 Å². The van der Waals surface area contributed by atoms with Crippen molar-refractivity contribution in [2.45, 2.75) is 117 Å². The number of methoxy groups -OCH3 is 2. The van der Waals surface area contributed by atoms with E-state index in [2.05, 4.69) is 57.7 Å². The first-order chi connectivity index (χ1) is 26.5. The number of aryl methyl sites for hydroxylation is 1. The zero-order chi connectivity index (χ0) is 39.6. The predicted octanol–water partition coefficient (Wildman–Crippen LogP) is 8.99. The summed E-state index contributed by atoms with van der Waals surface area (Å²) in [5.74, 6) is 3.42. The molecule has 2 N–H and O–H groups in total. The Labute approximate surface area is 337 Å². The number of ether oxygens (including phenoxy) is 2. The van der Waals surface area contributed by atoms with E-state index in [1.54, 1.807) is 25.6 Å². The summed E-state index contributed by atoms with van der Waals surface area (Å²) in [6.07, 6.45) is 16.0. The first-order valence-electron chi connectivity index (χ1n) is 21.5. The number of carbonyl (C=O) groups excluding carboxylic acids is 2. The van der Waals surface area contributed by atoms with Crippen LogP contribution >= 0.6 is 11.3 Å². The summed E-state index contributed by atoms with van der Waals surface area (Å²) < 4.78 is 11.1. The van der Waals surface area contributed by atoms with Crippen molar-refractivity contribution < 1.29 is 29.3 Å². The highest BCUT2D eigenvalue weighted by atomic mass is 32.1. The highest BCUT2D eigenvalue weighted by Gasteiger charge is 2.74. The molecule has 1 amide bonds. The molecule has 0 radical (unpaired) electrons. The number of Topliss-reactive ketones (excluding diaryl/α,β-unsaturated/α-hetero) is 1. The normalized spacial score (nSPS) is 41.1. The third kappa shape index (κ3) is 5.25. The van der Waals surface area contributed by atoms with Crippen LogP contribution in [0.1, 0.15) is 112 Å². The van der Waals surface area contributed by atoms with Gasteiger partial charge < -0.3 is 24.6 Å². The van der Waals surface area contributed by atoms with Crippen LogP contribution in [0.3, 0.4) is 0 Å². The van der Waals surface area contributed by atoms with Crippen molar-refractivity contribution in [2.24, 2.45) is 56.7 Å². The maximum absolute atomic E-state index is 14.9. The van der Waals surface area contributed by atoms with Gasteiger partial charge in [-0.05, 0) is 141 Å². The third-order valence-electron chi connectivity index (χ3n) is 18.0. The highest BCUT2D eigenvalue weighted by Crippen LogP contribution is 2.78. The van der Waals surface area contributed by atoms with Crippen LogP contribution in [0, 0.1) is 63.6 Å². The van der Waals surface area contributed by atoms with E-state index >= 15 is 0 Å². The van der Waals surface area contributed by atoms with Gasteiger partial charge in [-0.3, -0.25) is 9.59 Å².